The molecule has 0 aliphatic rings. The molecule has 2 rings (SSSR count). The van der Waals surface area contributed by atoms with Crippen molar-refractivity contribution in [3.05, 3.63) is 27.5 Å². The van der Waals surface area contributed by atoms with E-state index in [-0.39, 0.29) is 0 Å². The molecule has 1 aromatic carbocycles. The Bertz CT molecular complexity index is 431. The third-order valence-electron chi connectivity index (χ3n) is 1.75. The van der Waals surface area contributed by atoms with E-state index in [0.29, 0.717) is 0 Å². The van der Waals surface area contributed by atoms with Crippen LogP contribution in [0.25, 0.3) is 10.1 Å². The van der Waals surface area contributed by atoms with Crippen molar-refractivity contribution >= 4 is 50.0 Å². The van der Waals surface area contributed by atoms with Gasteiger partial charge in [-0.2, -0.15) is 0 Å². The van der Waals surface area contributed by atoms with Crippen LogP contribution in [0.2, 0.25) is 0 Å². The average molecular weight is 259 g/mol. The fraction of sp³-hybridized carbons (Fsp3) is 0.111. The molecule has 0 spiro atoms. The van der Waals surface area contributed by atoms with Gasteiger partial charge in [0.2, 0.25) is 0 Å². The van der Waals surface area contributed by atoms with Crippen LogP contribution >= 0.6 is 39.9 Å². The second-order valence-corrected chi connectivity index (χ2v) is 5.25. The number of halogens is 1. The maximum Gasteiger partial charge on any atom is 0.0357 e. The molecule has 0 atom stereocenters. The lowest BCUT2D eigenvalue weighted by atomic mass is 10.2. The molecule has 0 saturated heterocycles. The molecule has 0 N–H and O–H groups in total. The summed E-state index contributed by atoms with van der Waals surface area (Å²) in [5.74, 6) is 0. The van der Waals surface area contributed by atoms with Crippen LogP contribution < -0.4 is 0 Å². The predicted molar refractivity (Wildman–Crippen MR) is 61.5 cm³/mol. The first kappa shape index (κ1) is 8.60. The van der Waals surface area contributed by atoms with Crippen molar-refractivity contribution in [1.82, 2.24) is 0 Å². The van der Waals surface area contributed by atoms with E-state index in [1.165, 1.54) is 15.0 Å². The van der Waals surface area contributed by atoms with Gasteiger partial charge in [-0.05, 0) is 41.1 Å². The highest BCUT2D eigenvalue weighted by molar-refractivity contribution is 9.10. The Labute approximate surface area is 89.1 Å². The van der Waals surface area contributed by atoms with Gasteiger partial charge in [-0.3, -0.25) is 0 Å². The lowest BCUT2D eigenvalue weighted by molar-refractivity contribution is 1.51. The Morgan fingerprint density at radius 3 is 2.92 bits per heavy atom. The minimum atomic E-state index is 1.04. The largest absolute Gasteiger partial charge is 0.142 e. The Hall–Kier alpha value is 0.01000. The van der Waals surface area contributed by atoms with Crippen LogP contribution in [-0.4, -0.2) is 0 Å². The lowest BCUT2D eigenvalue weighted by Crippen LogP contribution is -1.69. The third-order valence-corrected chi connectivity index (χ3v) is 4.21. The van der Waals surface area contributed by atoms with Crippen molar-refractivity contribution in [3.8, 4) is 0 Å². The summed E-state index contributed by atoms with van der Waals surface area (Å²) in [5, 5.41) is 1.25. The first-order valence-corrected chi connectivity index (χ1v) is 5.62. The fourth-order valence-corrected chi connectivity index (χ4v) is 2.81. The van der Waals surface area contributed by atoms with Crippen molar-refractivity contribution in [3.63, 3.8) is 0 Å². The molecule has 0 fully saturated rings. The second-order valence-electron chi connectivity index (χ2n) is 2.66. The number of aryl methyl sites for hydroxylation is 1. The van der Waals surface area contributed by atoms with Crippen molar-refractivity contribution in [2.45, 2.75) is 11.8 Å². The van der Waals surface area contributed by atoms with Gasteiger partial charge in [0.25, 0.3) is 0 Å². The molecule has 0 saturated carbocycles. The monoisotopic (exact) mass is 258 g/mol. The number of benzene rings is 1. The molecule has 3 heteroatoms. The summed E-state index contributed by atoms with van der Waals surface area (Å²) in [7, 11) is 0. The summed E-state index contributed by atoms with van der Waals surface area (Å²) >= 11 is 9.70. The number of hydrogen-bond donors (Lipinski definition) is 1. The molecule has 1 heterocycles. The van der Waals surface area contributed by atoms with Crippen LogP contribution in [0.4, 0.5) is 0 Å². The summed E-state index contributed by atoms with van der Waals surface area (Å²) in [6.45, 7) is 2.12. The van der Waals surface area contributed by atoms with E-state index in [2.05, 4.69) is 47.6 Å². The topological polar surface area (TPSA) is 0 Å². The van der Waals surface area contributed by atoms with E-state index in [1.807, 2.05) is 6.07 Å². The van der Waals surface area contributed by atoms with Gasteiger partial charge in [-0.1, -0.05) is 0 Å². The van der Waals surface area contributed by atoms with Crippen LogP contribution in [0.3, 0.4) is 0 Å². The number of thiophene rings is 1. The smallest absolute Gasteiger partial charge is 0.0357 e. The fourth-order valence-electron chi connectivity index (χ4n) is 1.20. The number of thiol groups is 1. The lowest BCUT2D eigenvalue weighted by Gasteiger charge is -1.96. The zero-order valence-corrected chi connectivity index (χ0v) is 9.76. The van der Waals surface area contributed by atoms with E-state index >= 15 is 0 Å². The summed E-state index contributed by atoms with van der Waals surface area (Å²) in [6, 6.07) is 6.34. The Kier molecular flexibility index (Phi) is 2.19. The van der Waals surface area contributed by atoms with Crippen LogP contribution in [0.5, 0.6) is 0 Å². The Balaban J connectivity index is 2.89. The molecule has 0 aliphatic heterocycles. The molecule has 0 aliphatic carbocycles. The van der Waals surface area contributed by atoms with Crippen molar-refractivity contribution < 1.29 is 0 Å². The van der Waals surface area contributed by atoms with Crippen LogP contribution in [0.1, 0.15) is 4.88 Å². The molecule has 0 radical (unpaired) electrons. The Morgan fingerprint density at radius 2 is 2.17 bits per heavy atom. The van der Waals surface area contributed by atoms with E-state index in [4.69, 9.17) is 0 Å². The van der Waals surface area contributed by atoms with E-state index in [0.717, 1.165) is 9.37 Å². The summed E-state index contributed by atoms with van der Waals surface area (Å²) in [4.78, 5) is 2.37. The van der Waals surface area contributed by atoms with Crippen LogP contribution in [0.15, 0.2) is 27.6 Å². The van der Waals surface area contributed by atoms with E-state index < -0.39 is 0 Å². The molecule has 1 aromatic heterocycles. The quantitative estimate of drug-likeness (QED) is 0.671. The highest BCUT2D eigenvalue weighted by atomic mass is 79.9. The van der Waals surface area contributed by atoms with Gasteiger partial charge in [-0.25, -0.2) is 0 Å². The van der Waals surface area contributed by atoms with Gasteiger partial charge in [0.1, 0.15) is 0 Å². The number of rotatable bonds is 0. The first-order valence-electron chi connectivity index (χ1n) is 3.56. The van der Waals surface area contributed by atoms with Crippen molar-refractivity contribution in [1.29, 1.82) is 0 Å². The Morgan fingerprint density at radius 1 is 1.42 bits per heavy atom. The molecule has 62 valence electrons. The van der Waals surface area contributed by atoms with Crippen LogP contribution in [-0.2, 0) is 0 Å². The minimum Gasteiger partial charge on any atom is -0.142 e. The van der Waals surface area contributed by atoms with Gasteiger partial charge in [0.05, 0.1) is 0 Å². The first-order chi connectivity index (χ1) is 5.68. The zero-order chi connectivity index (χ0) is 8.72. The summed E-state index contributed by atoms with van der Waals surface area (Å²) < 4.78 is 2.37. The summed E-state index contributed by atoms with van der Waals surface area (Å²) in [5.41, 5.74) is 0. The zero-order valence-electron chi connectivity index (χ0n) is 6.47. The van der Waals surface area contributed by atoms with Gasteiger partial charge >= 0.3 is 0 Å². The SMILES string of the molecule is Cc1cc2c(S)c(Br)ccc2s1. The van der Waals surface area contributed by atoms with Crippen LogP contribution in [0, 0.1) is 6.92 Å². The molecule has 0 nitrogen and oxygen atoms in total. The molecular weight excluding hydrogens is 252 g/mol. The maximum atomic E-state index is 4.44. The van der Waals surface area contributed by atoms with Gasteiger partial charge in [-0.15, -0.1) is 24.0 Å². The van der Waals surface area contributed by atoms with Crippen molar-refractivity contribution in [2.24, 2.45) is 0 Å². The molecule has 0 bridgehead atoms. The normalized spacial score (nSPS) is 10.9. The van der Waals surface area contributed by atoms with E-state index in [1.54, 1.807) is 11.3 Å². The highest BCUT2D eigenvalue weighted by Gasteiger charge is 2.04. The second kappa shape index (κ2) is 3.05. The molecule has 2 aromatic rings. The number of fused-ring (bicyclic) bond motifs is 1. The minimum absolute atomic E-state index is 1.04. The molecule has 12 heavy (non-hydrogen) atoms. The number of hydrogen-bond acceptors (Lipinski definition) is 2. The maximum absolute atomic E-state index is 4.44. The van der Waals surface area contributed by atoms with Gasteiger partial charge in [0, 0.05) is 24.3 Å². The summed E-state index contributed by atoms with van der Waals surface area (Å²) in [6.07, 6.45) is 0. The predicted octanol–water partition coefficient (Wildman–Crippen LogP) is 4.26. The van der Waals surface area contributed by atoms with Crippen molar-refractivity contribution in [2.75, 3.05) is 0 Å². The standard InChI is InChI=1S/C9H7BrS2/c1-5-4-6-8(12-5)3-2-7(10)9(6)11/h2-4,11H,1H3. The molecule has 0 unspecified atom stereocenters. The molecular formula is C9H7BrS2. The third kappa shape index (κ3) is 1.30. The van der Waals surface area contributed by atoms with E-state index in [9.17, 15) is 0 Å². The highest BCUT2D eigenvalue weighted by Crippen LogP contribution is 2.34. The van der Waals surface area contributed by atoms with Gasteiger partial charge < -0.3 is 0 Å². The molecule has 0 amide bonds. The average Bonchev–Trinajstić information content (AvgIpc) is 2.39. The van der Waals surface area contributed by atoms with Gasteiger partial charge in [0.15, 0.2) is 0 Å².